The van der Waals surface area contributed by atoms with Gasteiger partial charge in [-0.15, -0.1) is 0 Å². The molecular formula is C24H21NO8. The van der Waals surface area contributed by atoms with Crippen molar-refractivity contribution in [3.05, 3.63) is 59.2 Å². The maximum absolute atomic E-state index is 12.8. The quantitative estimate of drug-likeness (QED) is 0.502. The Hall–Kier alpha value is -3.72. The first kappa shape index (κ1) is 19.9. The van der Waals surface area contributed by atoms with Crippen molar-refractivity contribution in [1.29, 1.82) is 0 Å². The number of hydrogen-bond acceptors (Lipinski definition) is 9. The van der Waals surface area contributed by atoms with Crippen molar-refractivity contribution in [2.45, 2.75) is 18.6 Å². The topological polar surface area (TPSA) is 92.8 Å². The summed E-state index contributed by atoms with van der Waals surface area (Å²) >= 11 is 0. The molecule has 170 valence electrons. The van der Waals surface area contributed by atoms with Crippen molar-refractivity contribution in [3.63, 3.8) is 0 Å². The van der Waals surface area contributed by atoms with E-state index in [9.17, 15) is 9.59 Å². The summed E-state index contributed by atoms with van der Waals surface area (Å²) in [6.07, 6.45) is 2.44. The average Bonchev–Trinajstić information content (AvgIpc) is 3.62. The number of esters is 2. The van der Waals surface area contributed by atoms with Crippen LogP contribution in [0.5, 0.6) is 23.0 Å². The summed E-state index contributed by atoms with van der Waals surface area (Å²) < 4.78 is 32.7. The highest BCUT2D eigenvalue weighted by Gasteiger charge is 2.42. The third-order valence-corrected chi connectivity index (χ3v) is 6.26. The van der Waals surface area contributed by atoms with Crippen LogP contribution in [0.2, 0.25) is 0 Å². The lowest BCUT2D eigenvalue weighted by atomic mass is 10.0. The Morgan fingerprint density at radius 2 is 1.52 bits per heavy atom. The maximum Gasteiger partial charge on any atom is 0.338 e. The molecule has 0 aliphatic carbocycles. The largest absolute Gasteiger partial charge is 0.458 e. The van der Waals surface area contributed by atoms with Crippen LogP contribution in [0.3, 0.4) is 0 Å². The first-order chi connectivity index (χ1) is 16.2. The van der Waals surface area contributed by atoms with Gasteiger partial charge in [-0.1, -0.05) is 6.08 Å². The molecule has 4 aliphatic heterocycles. The third-order valence-electron chi connectivity index (χ3n) is 6.26. The summed E-state index contributed by atoms with van der Waals surface area (Å²) in [4.78, 5) is 27.6. The molecule has 6 rings (SSSR count). The van der Waals surface area contributed by atoms with Gasteiger partial charge in [-0.05, 0) is 48.4 Å². The summed E-state index contributed by atoms with van der Waals surface area (Å²) in [5.74, 6) is 1.43. The van der Waals surface area contributed by atoms with Gasteiger partial charge in [0.1, 0.15) is 12.7 Å². The third kappa shape index (κ3) is 3.64. The number of rotatable bonds is 5. The molecule has 0 saturated carbocycles. The van der Waals surface area contributed by atoms with Crippen LogP contribution in [0.4, 0.5) is 0 Å². The zero-order chi connectivity index (χ0) is 22.4. The minimum atomic E-state index is -0.445. The molecule has 0 unspecified atom stereocenters. The lowest BCUT2D eigenvalue weighted by Crippen LogP contribution is -2.36. The lowest BCUT2D eigenvalue weighted by Gasteiger charge is -2.24. The van der Waals surface area contributed by atoms with E-state index < -0.39 is 11.9 Å². The van der Waals surface area contributed by atoms with Crippen LogP contribution in [0.25, 0.3) is 0 Å². The first-order valence-electron chi connectivity index (χ1n) is 10.8. The second kappa shape index (κ2) is 8.00. The van der Waals surface area contributed by atoms with Crippen LogP contribution in [-0.2, 0) is 9.47 Å². The molecule has 0 spiro atoms. The molecule has 9 nitrogen and oxygen atoms in total. The molecule has 0 aromatic heterocycles. The molecular weight excluding hydrogens is 430 g/mol. The average molecular weight is 451 g/mol. The molecule has 0 N–H and O–H groups in total. The van der Waals surface area contributed by atoms with Crippen LogP contribution >= 0.6 is 0 Å². The minimum Gasteiger partial charge on any atom is -0.458 e. The van der Waals surface area contributed by atoms with E-state index in [1.165, 1.54) is 0 Å². The summed E-state index contributed by atoms with van der Waals surface area (Å²) in [6, 6.07) is 9.86. The van der Waals surface area contributed by atoms with E-state index in [1.54, 1.807) is 36.4 Å². The van der Waals surface area contributed by atoms with Gasteiger partial charge in [0, 0.05) is 13.1 Å². The van der Waals surface area contributed by atoms with Gasteiger partial charge in [0.2, 0.25) is 13.6 Å². The molecule has 9 heteroatoms. The molecule has 1 fully saturated rings. The first-order valence-corrected chi connectivity index (χ1v) is 10.8. The summed E-state index contributed by atoms with van der Waals surface area (Å²) in [6.45, 7) is 1.96. The number of nitrogens with zero attached hydrogens (tertiary/aromatic N) is 1. The molecule has 4 aliphatic rings. The summed E-state index contributed by atoms with van der Waals surface area (Å²) in [7, 11) is 0. The van der Waals surface area contributed by atoms with Gasteiger partial charge in [0.15, 0.2) is 23.0 Å². The monoisotopic (exact) mass is 451 g/mol. The zero-order valence-corrected chi connectivity index (χ0v) is 17.7. The summed E-state index contributed by atoms with van der Waals surface area (Å²) in [5, 5.41) is 0. The molecule has 0 amide bonds. The fourth-order valence-electron chi connectivity index (χ4n) is 4.61. The second-order valence-electron chi connectivity index (χ2n) is 8.16. The van der Waals surface area contributed by atoms with Crippen LogP contribution in [0.15, 0.2) is 48.0 Å². The van der Waals surface area contributed by atoms with Crippen LogP contribution in [0.1, 0.15) is 27.1 Å². The van der Waals surface area contributed by atoms with Gasteiger partial charge in [0.05, 0.1) is 17.2 Å². The van der Waals surface area contributed by atoms with Gasteiger partial charge in [-0.2, -0.15) is 0 Å². The molecule has 2 aromatic rings. The van der Waals surface area contributed by atoms with Crippen molar-refractivity contribution >= 4 is 11.9 Å². The fraction of sp³-hybridized carbons (Fsp3) is 0.333. The number of carbonyl (C=O) groups is 2. The van der Waals surface area contributed by atoms with Gasteiger partial charge in [-0.3, -0.25) is 4.90 Å². The molecule has 0 radical (unpaired) electrons. The molecule has 2 atom stereocenters. The molecule has 0 bridgehead atoms. The van der Waals surface area contributed by atoms with Crippen LogP contribution in [-0.4, -0.2) is 62.3 Å². The van der Waals surface area contributed by atoms with Crippen molar-refractivity contribution in [2.24, 2.45) is 0 Å². The van der Waals surface area contributed by atoms with Crippen molar-refractivity contribution in [2.75, 3.05) is 33.3 Å². The number of carbonyl (C=O) groups excluding carboxylic acids is 2. The van der Waals surface area contributed by atoms with E-state index in [0.29, 0.717) is 40.5 Å². The normalized spacial score (nSPS) is 22.1. The Morgan fingerprint density at radius 3 is 2.21 bits per heavy atom. The van der Waals surface area contributed by atoms with Gasteiger partial charge < -0.3 is 28.4 Å². The molecule has 2 aromatic carbocycles. The lowest BCUT2D eigenvalue weighted by molar-refractivity contribution is 0.0239. The highest BCUT2D eigenvalue weighted by Crippen LogP contribution is 2.35. The molecule has 33 heavy (non-hydrogen) atoms. The maximum atomic E-state index is 12.8. The van der Waals surface area contributed by atoms with Crippen LogP contribution < -0.4 is 18.9 Å². The number of hydrogen-bond donors (Lipinski definition) is 0. The van der Waals surface area contributed by atoms with E-state index in [4.69, 9.17) is 28.4 Å². The van der Waals surface area contributed by atoms with Crippen molar-refractivity contribution in [1.82, 2.24) is 4.90 Å². The Labute approximate surface area is 189 Å². The number of benzene rings is 2. The highest BCUT2D eigenvalue weighted by atomic mass is 16.7. The smallest absolute Gasteiger partial charge is 0.338 e. The number of ether oxygens (including phenoxy) is 6. The van der Waals surface area contributed by atoms with E-state index in [0.717, 1.165) is 18.7 Å². The Kier molecular flexibility index (Phi) is 4.83. The predicted molar refractivity (Wildman–Crippen MR) is 113 cm³/mol. The highest BCUT2D eigenvalue weighted by molar-refractivity contribution is 5.91. The zero-order valence-electron chi connectivity index (χ0n) is 17.7. The Balaban J connectivity index is 1.10. The SMILES string of the molecule is O=C(OCC1=CCN2CC[C@@H](OC(=O)c3ccc4c(c3)OCO4)[C@@H]12)c1ccc2c(c1)OCO2. The van der Waals surface area contributed by atoms with Crippen molar-refractivity contribution < 1.29 is 38.0 Å². The second-order valence-corrected chi connectivity index (χ2v) is 8.16. The predicted octanol–water partition coefficient (Wildman–Crippen LogP) is 2.54. The van der Waals surface area contributed by atoms with Gasteiger partial charge in [0.25, 0.3) is 0 Å². The summed E-state index contributed by atoms with van der Waals surface area (Å²) in [5.41, 5.74) is 1.74. The van der Waals surface area contributed by atoms with Crippen molar-refractivity contribution in [3.8, 4) is 23.0 Å². The van der Waals surface area contributed by atoms with Gasteiger partial charge in [-0.25, -0.2) is 9.59 Å². The van der Waals surface area contributed by atoms with E-state index in [2.05, 4.69) is 4.90 Å². The van der Waals surface area contributed by atoms with E-state index in [1.807, 2.05) is 6.08 Å². The molecule has 4 heterocycles. The van der Waals surface area contributed by atoms with Crippen LogP contribution in [0, 0.1) is 0 Å². The van der Waals surface area contributed by atoms with E-state index >= 15 is 0 Å². The fourth-order valence-corrected chi connectivity index (χ4v) is 4.61. The number of fused-ring (bicyclic) bond motifs is 3. The Bertz CT molecular complexity index is 1160. The minimum absolute atomic E-state index is 0.104. The standard InChI is InChI=1S/C24H21NO8/c26-23(14-1-3-17-20(9-14)31-12-29-17)28-11-16-5-7-25-8-6-19(22(16)25)33-24(27)15-2-4-18-21(10-15)32-13-30-18/h1-5,9-10,19,22H,6-8,11-13H2/t19-,22-/m1/s1. The van der Waals surface area contributed by atoms with Gasteiger partial charge >= 0.3 is 11.9 Å². The van der Waals surface area contributed by atoms with E-state index in [-0.39, 0.29) is 32.3 Å². The molecule has 1 saturated heterocycles. The Morgan fingerprint density at radius 1 is 0.879 bits per heavy atom.